The number of rotatable bonds is 5. The number of nitrogens with zero attached hydrogens (tertiary/aromatic N) is 4. The van der Waals surface area contributed by atoms with E-state index in [-0.39, 0.29) is 0 Å². The standard InChI is InChI=1S/C24H24N4O/c25-17-20-10-9-19-8-7-18(16-22(19)20)4-3-11-27-12-14-28(15-13-27)24-21-5-1-2-6-23(21)29-26-24/h1-2,5-8,10,16H,3-4,9,11-15H2. The number of aryl methyl sites for hydroxylation is 1. The van der Waals surface area contributed by atoms with Crippen LogP contribution in [-0.4, -0.2) is 42.8 Å². The lowest BCUT2D eigenvalue weighted by molar-refractivity contribution is 0.254. The Morgan fingerprint density at radius 2 is 1.93 bits per heavy atom. The van der Waals surface area contributed by atoms with Crippen molar-refractivity contribution in [1.82, 2.24) is 10.1 Å². The first-order chi connectivity index (χ1) is 14.3. The zero-order valence-electron chi connectivity index (χ0n) is 16.5. The van der Waals surface area contributed by atoms with E-state index in [1.165, 1.54) is 11.1 Å². The van der Waals surface area contributed by atoms with E-state index in [1.807, 2.05) is 24.3 Å². The van der Waals surface area contributed by atoms with Crippen LogP contribution < -0.4 is 4.90 Å². The Morgan fingerprint density at radius 3 is 2.79 bits per heavy atom. The summed E-state index contributed by atoms with van der Waals surface area (Å²) in [5.74, 6) is 0.972. The maximum absolute atomic E-state index is 9.26. The number of benzene rings is 2. The molecule has 0 saturated carbocycles. The van der Waals surface area contributed by atoms with Crippen LogP contribution in [0.1, 0.15) is 23.1 Å². The fourth-order valence-electron chi connectivity index (χ4n) is 4.43. The SMILES string of the molecule is N#CC1=CCc2ccc(CCCN3CCN(c4noc5ccccc45)CC3)cc21. The number of hydrogen-bond donors (Lipinski definition) is 0. The van der Waals surface area contributed by atoms with Crippen LogP contribution in [0, 0.1) is 11.3 Å². The minimum Gasteiger partial charge on any atom is -0.354 e. The van der Waals surface area contributed by atoms with Gasteiger partial charge in [0, 0.05) is 26.2 Å². The van der Waals surface area contributed by atoms with Crippen LogP contribution in [0.4, 0.5) is 5.82 Å². The van der Waals surface area contributed by atoms with E-state index in [0.717, 1.165) is 79.9 Å². The molecule has 1 aliphatic heterocycles. The molecule has 0 amide bonds. The molecule has 0 radical (unpaired) electrons. The number of hydrogen-bond acceptors (Lipinski definition) is 5. The Kier molecular flexibility index (Phi) is 4.79. The van der Waals surface area contributed by atoms with Gasteiger partial charge >= 0.3 is 0 Å². The summed E-state index contributed by atoms with van der Waals surface area (Å²) < 4.78 is 5.46. The van der Waals surface area contributed by atoms with Crippen molar-refractivity contribution in [2.24, 2.45) is 0 Å². The molecular weight excluding hydrogens is 360 g/mol. The molecule has 0 spiro atoms. The average Bonchev–Trinajstić information content (AvgIpc) is 3.38. The van der Waals surface area contributed by atoms with E-state index in [1.54, 1.807) is 0 Å². The van der Waals surface area contributed by atoms with Gasteiger partial charge in [0.15, 0.2) is 11.4 Å². The quantitative estimate of drug-likeness (QED) is 0.664. The molecular formula is C24H24N4O. The van der Waals surface area contributed by atoms with Crippen LogP contribution in [0.15, 0.2) is 53.1 Å². The number of anilines is 1. The first kappa shape index (κ1) is 18.0. The molecule has 146 valence electrons. The molecule has 3 aromatic rings. The van der Waals surface area contributed by atoms with Crippen LogP contribution in [0.3, 0.4) is 0 Å². The van der Waals surface area contributed by atoms with Gasteiger partial charge in [0.1, 0.15) is 0 Å². The second-order valence-electron chi connectivity index (χ2n) is 7.86. The topological polar surface area (TPSA) is 56.3 Å². The van der Waals surface area contributed by atoms with E-state index in [2.05, 4.69) is 45.3 Å². The van der Waals surface area contributed by atoms with Crippen molar-refractivity contribution in [3.63, 3.8) is 0 Å². The lowest BCUT2D eigenvalue weighted by Crippen LogP contribution is -2.46. The van der Waals surface area contributed by atoms with Crippen molar-refractivity contribution in [2.45, 2.75) is 19.3 Å². The first-order valence-electron chi connectivity index (χ1n) is 10.4. The van der Waals surface area contributed by atoms with Crippen molar-refractivity contribution in [3.05, 3.63) is 65.2 Å². The van der Waals surface area contributed by atoms with Gasteiger partial charge in [-0.25, -0.2) is 0 Å². The number of para-hydroxylation sites is 1. The smallest absolute Gasteiger partial charge is 0.180 e. The lowest BCUT2D eigenvalue weighted by Gasteiger charge is -2.34. The monoisotopic (exact) mass is 384 g/mol. The molecule has 2 aromatic carbocycles. The molecule has 5 heteroatoms. The average molecular weight is 384 g/mol. The van der Waals surface area contributed by atoms with Gasteiger partial charge in [0.25, 0.3) is 0 Å². The van der Waals surface area contributed by atoms with E-state index >= 15 is 0 Å². The molecule has 0 N–H and O–H groups in total. The predicted octanol–water partition coefficient (Wildman–Crippen LogP) is 4.05. The third-order valence-electron chi connectivity index (χ3n) is 6.08. The van der Waals surface area contributed by atoms with E-state index in [0.29, 0.717) is 0 Å². The van der Waals surface area contributed by atoms with Crippen molar-refractivity contribution >= 4 is 22.4 Å². The summed E-state index contributed by atoms with van der Waals surface area (Å²) in [4.78, 5) is 4.87. The molecule has 0 unspecified atom stereocenters. The summed E-state index contributed by atoms with van der Waals surface area (Å²) in [5, 5.41) is 14.7. The fraction of sp³-hybridized carbons (Fsp3) is 0.333. The van der Waals surface area contributed by atoms with E-state index < -0.39 is 0 Å². The van der Waals surface area contributed by atoms with Gasteiger partial charge in [0.05, 0.1) is 17.0 Å². The highest BCUT2D eigenvalue weighted by atomic mass is 16.5. The lowest BCUT2D eigenvalue weighted by atomic mass is 10.0. The second-order valence-corrected chi connectivity index (χ2v) is 7.86. The maximum Gasteiger partial charge on any atom is 0.180 e. The maximum atomic E-state index is 9.26. The van der Waals surface area contributed by atoms with Gasteiger partial charge in [-0.05, 0) is 54.6 Å². The van der Waals surface area contributed by atoms with Crippen LogP contribution in [0.25, 0.3) is 16.5 Å². The van der Waals surface area contributed by atoms with Gasteiger partial charge in [-0.15, -0.1) is 0 Å². The fourth-order valence-corrected chi connectivity index (χ4v) is 4.43. The van der Waals surface area contributed by atoms with Gasteiger partial charge in [0.2, 0.25) is 0 Å². The van der Waals surface area contributed by atoms with Gasteiger partial charge < -0.3 is 9.42 Å². The molecule has 2 aliphatic rings. The van der Waals surface area contributed by atoms with E-state index in [4.69, 9.17) is 4.52 Å². The van der Waals surface area contributed by atoms with E-state index in [9.17, 15) is 5.26 Å². The molecule has 1 saturated heterocycles. The third kappa shape index (κ3) is 3.52. The number of piperazine rings is 1. The Hall–Kier alpha value is -3.10. The summed E-state index contributed by atoms with van der Waals surface area (Å²) in [6.45, 7) is 5.15. The largest absolute Gasteiger partial charge is 0.354 e. The molecule has 0 bridgehead atoms. The Bertz CT molecular complexity index is 1100. The van der Waals surface area contributed by atoms with Gasteiger partial charge in [-0.2, -0.15) is 5.26 Å². The highest BCUT2D eigenvalue weighted by Crippen LogP contribution is 2.28. The van der Waals surface area contributed by atoms with Crippen molar-refractivity contribution < 1.29 is 4.52 Å². The highest BCUT2D eigenvalue weighted by Gasteiger charge is 2.21. The second kappa shape index (κ2) is 7.73. The molecule has 2 heterocycles. The van der Waals surface area contributed by atoms with Gasteiger partial charge in [-0.3, -0.25) is 4.90 Å². The number of allylic oxidation sites excluding steroid dienone is 2. The van der Waals surface area contributed by atoms with Gasteiger partial charge in [-0.1, -0.05) is 41.6 Å². The predicted molar refractivity (Wildman–Crippen MR) is 115 cm³/mol. The molecule has 1 aromatic heterocycles. The number of fused-ring (bicyclic) bond motifs is 2. The highest BCUT2D eigenvalue weighted by molar-refractivity contribution is 5.88. The van der Waals surface area contributed by atoms with Crippen LogP contribution in [0.2, 0.25) is 0 Å². The minimum atomic E-state index is 0.832. The van der Waals surface area contributed by atoms with Crippen molar-refractivity contribution in [3.8, 4) is 6.07 Å². The summed E-state index contributed by atoms with van der Waals surface area (Å²) in [6, 6.07) is 17.0. The van der Waals surface area contributed by atoms with Crippen molar-refractivity contribution in [2.75, 3.05) is 37.6 Å². The zero-order chi connectivity index (χ0) is 19.6. The first-order valence-corrected chi connectivity index (χ1v) is 10.4. The zero-order valence-corrected chi connectivity index (χ0v) is 16.5. The minimum absolute atomic E-state index is 0.832. The Balaban J connectivity index is 1.13. The van der Waals surface area contributed by atoms with Crippen molar-refractivity contribution in [1.29, 1.82) is 5.26 Å². The van der Waals surface area contributed by atoms with Crippen LogP contribution >= 0.6 is 0 Å². The number of aromatic nitrogens is 1. The summed E-state index contributed by atoms with van der Waals surface area (Å²) in [6.07, 6.45) is 5.12. The third-order valence-corrected chi connectivity index (χ3v) is 6.08. The molecule has 29 heavy (non-hydrogen) atoms. The summed E-state index contributed by atoms with van der Waals surface area (Å²) in [7, 11) is 0. The summed E-state index contributed by atoms with van der Waals surface area (Å²) >= 11 is 0. The molecule has 1 fully saturated rings. The summed E-state index contributed by atoms with van der Waals surface area (Å²) in [5.41, 5.74) is 5.44. The molecule has 1 aliphatic carbocycles. The number of nitriles is 1. The molecule has 0 atom stereocenters. The molecule has 5 nitrogen and oxygen atoms in total. The van der Waals surface area contributed by atoms with Crippen LogP contribution in [0.5, 0.6) is 0 Å². The normalized spacial score (nSPS) is 16.7. The molecule has 5 rings (SSSR count). The Morgan fingerprint density at radius 1 is 1.07 bits per heavy atom. The Labute approximate surface area is 170 Å². The van der Waals surface area contributed by atoms with Crippen LogP contribution in [-0.2, 0) is 12.8 Å².